The predicted molar refractivity (Wildman–Crippen MR) is 106 cm³/mol. The number of esters is 3. The molecule has 0 bridgehead atoms. The molecule has 2 aliphatic rings. The Morgan fingerprint density at radius 3 is 2.69 bits per heavy atom. The molecule has 0 aromatic rings. The second kappa shape index (κ2) is 9.69. The highest BCUT2D eigenvalue weighted by Crippen LogP contribution is 2.36. The van der Waals surface area contributed by atoms with Crippen molar-refractivity contribution < 1.29 is 33.7 Å². The fourth-order valence-electron chi connectivity index (χ4n) is 3.29. The molecule has 0 unspecified atom stereocenters. The average molecular weight is 404 g/mol. The SMILES string of the molecule is C=C1C(=O)O[C@@H]2/C=C(/C)[C@@H](O)C/C=C(/C)C[C@@H](OC(=O)/C(C)=C/COC(C)=O)[C@@H]12. The van der Waals surface area contributed by atoms with Crippen molar-refractivity contribution in [3.63, 3.8) is 0 Å². The van der Waals surface area contributed by atoms with Gasteiger partial charge >= 0.3 is 17.9 Å². The van der Waals surface area contributed by atoms with Crippen molar-refractivity contribution >= 4 is 17.9 Å². The van der Waals surface area contributed by atoms with Crippen molar-refractivity contribution in [2.75, 3.05) is 6.61 Å². The molecule has 1 aliphatic heterocycles. The summed E-state index contributed by atoms with van der Waals surface area (Å²) in [6.45, 7) is 10.3. The molecular weight excluding hydrogens is 376 g/mol. The van der Waals surface area contributed by atoms with Crippen LogP contribution in [0.2, 0.25) is 0 Å². The van der Waals surface area contributed by atoms with Crippen LogP contribution >= 0.6 is 0 Å². The van der Waals surface area contributed by atoms with Crippen molar-refractivity contribution in [2.24, 2.45) is 5.92 Å². The van der Waals surface area contributed by atoms with Gasteiger partial charge in [0.1, 0.15) is 18.8 Å². The van der Waals surface area contributed by atoms with Gasteiger partial charge in [-0.2, -0.15) is 0 Å². The van der Waals surface area contributed by atoms with Gasteiger partial charge in [-0.3, -0.25) is 4.79 Å². The van der Waals surface area contributed by atoms with Crippen LogP contribution < -0.4 is 0 Å². The number of carbonyl (C=O) groups is 3. The molecule has 0 aromatic heterocycles. The summed E-state index contributed by atoms with van der Waals surface area (Å²) in [4.78, 5) is 35.6. The Kier molecular flexibility index (Phi) is 7.56. The first-order chi connectivity index (χ1) is 13.6. The van der Waals surface area contributed by atoms with Gasteiger partial charge in [-0.1, -0.05) is 18.2 Å². The molecule has 1 saturated heterocycles. The molecule has 1 aliphatic carbocycles. The summed E-state index contributed by atoms with van der Waals surface area (Å²) < 4.78 is 16.0. The van der Waals surface area contributed by atoms with Gasteiger partial charge in [-0.05, 0) is 44.9 Å². The van der Waals surface area contributed by atoms with Gasteiger partial charge in [-0.15, -0.1) is 0 Å². The lowest BCUT2D eigenvalue weighted by atomic mass is 9.85. The van der Waals surface area contributed by atoms with Gasteiger partial charge in [0.15, 0.2) is 0 Å². The quantitative estimate of drug-likeness (QED) is 0.333. The summed E-state index contributed by atoms with van der Waals surface area (Å²) in [7, 11) is 0. The van der Waals surface area contributed by atoms with Crippen LogP contribution in [0.3, 0.4) is 0 Å². The van der Waals surface area contributed by atoms with E-state index in [2.05, 4.69) is 6.58 Å². The summed E-state index contributed by atoms with van der Waals surface area (Å²) in [6, 6.07) is 0. The molecule has 0 saturated carbocycles. The molecule has 1 N–H and O–H groups in total. The second-order valence-corrected chi connectivity index (χ2v) is 7.47. The van der Waals surface area contributed by atoms with Gasteiger partial charge in [0.05, 0.1) is 12.0 Å². The highest BCUT2D eigenvalue weighted by atomic mass is 16.6. The summed E-state index contributed by atoms with van der Waals surface area (Å²) in [5.41, 5.74) is 2.13. The molecular formula is C22H28O7. The molecule has 158 valence electrons. The first-order valence-corrected chi connectivity index (χ1v) is 9.53. The number of aliphatic hydroxyl groups is 1. The molecule has 1 heterocycles. The Labute approximate surface area is 170 Å². The van der Waals surface area contributed by atoms with E-state index in [0.29, 0.717) is 24.0 Å². The van der Waals surface area contributed by atoms with Gasteiger partial charge in [0.25, 0.3) is 0 Å². The molecule has 29 heavy (non-hydrogen) atoms. The predicted octanol–water partition coefficient (Wildman–Crippen LogP) is 2.55. The molecule has 7 heteroatoms. The second-order valence-electron chi connectivity index (χ2n) is 7.47. The summed E-state index contributed by atoms with van der Waals surface area (Å²) in [6.07, 6.45) is 3.84. The zero-order chi connectivity index (χ0) is 21.7. The largest absolute Gasteiger partial charge is 0.462 e. The maximum absolute atomic E-state index is 12.6. The average Bonchev–Trinajstić information content (AvgIpc) is 2.91. The number of hydrogen-bond donors (Lipinski definition) is 1. The molecule has 1 fully saturated rings. The van der Waals surface area contributed by atoms with Crippen LogP contribution in [0.25, 0.3) is 0 Å². The smallest absolute Gasteiger partial charge is 0.334 e. The molecule has 7 nitrogen and oxygen atoms in total. The van der Waals surface area contributed by atoms with Crippen LogP contribution in [0.5, 0.6) is 0 Å². The number of rotatable bonds is 4. The van der Waals surface area contributed by atoms with Crippen LogP contribution in [0.1, 0.15) is 40.5 Å². The van der Waals surface area contributed by atoms with Crippen molar-refractivity contribution in [3.05, 3.63) is 47.1 Å². The van der Waals surface area contributed by atoms with Crippen molar-refractivity contribution in [2.45, 2.75) is 58.8 Å². The number of aliphatic hydroxyl groups excluding tert-OH is 1. The monoisotopic (exact) mass is 404 g/mol. The minimum absolute atomic E-state index is 0.0277. The zero-order valence-corrected chi connectivity index (χ0v) is 17.3. The minimum atomic E-state index is -0.677. The Hall–Kier alpha value is -2.67. The van der Waals surface area contributed by atoms with Crippen molar-refractivity contribution in [1.29, 1.82) is 0 Å². The zero-order valence-electron chi connectivity index (χ0n) is 17.3. The lowest BCUT2D eigenvalue weighted by molar-refractivity contribution is -0.147. The number of carbonyl (C=O) groups excluding carboxylic acids is 3. The maximum Gasteiger partial charge on any atom is 0.334 e. The number of hydrogen-bond acceptors (Lipinski definition) is 7. The highest BCUT2D eigenvalue weighted by Gasteiger charge is 2.44. The third-order valence-electron chi connectivity index (χ3n) is 5.08. The third kappa shape index (κ3) is 5.90. The number of ether oxygens (including phenoxy) is 3. The molecule has 2 rings (SSSR count). The standard InChI is InChI=1S/C22H28O7/c1-12-6-7-17(24)14(3)11-19-20(15(4)22(26)29-19)18(10-12)28-21(25)13(2)8-9-27-16(5)23/h6,8,11,17-20,24H,4,7,9-10H2,1-3,5H3/b12-6-,13-8+,14-11-/t17-,18+,19+,20+/m0/s1. The van der Waals surface area contributed by atoms with Crippen molar-refractivity contribution in [1.82, 2.24) is 0 Å². The summed E-state index contributed by atoms with van der Waals surface area (Å²) >= 11 is 0. The lowest BCUT2D eigenvalue weighted by Gasteiger charge is -2.28. The Balaban J connectivity index is 2.29. The van der Waals surface area contributed by atoms with Crippen LogP contribution in [0.4, 0.5) is 0 Å². The van der Waals surface area contributed by atoms with Crippen LogP contribution in [-0.2, 0) is 28.6 Å². The minimum Gasteiger partial charge on any atom is -0.462 e. The van der Waals surface area contributed by atoms with E-state index in [9.17, 15) is 19.5 Å². The fraction of sp³-hybridized carbons (Fsp3) is 0.500. The van der Waals surface area contributed by atoms with E-state index in [1.165, 1.54) is 13.0 Å². The fourth-order valence-corrected chi connectivity index (χ4v) is 3.29. The van der Waals surface area contributed by atoms with Gasteiger partial charge in [-0.25, -0.2) is 9.59 Å². The topological polar surface area (TPSA) is 99.1 Å². The Bertz CT molecular complexity index is 787. The molecule has 0 radical (unpaired) electrons. The maximum atomic E-state index is 12.6. The third-order valence-corrected chi connectivity index (χ3v) is 5.08. The molecule has 0 amide bonds. The van der Waals surface area contributed by atoms with E-state index in [1.807, 2.05) is 13.0 Å². The van der Waals surface area contributed by atoms with Gasteiger partial charge in [0, 0.05) is 24.5 Å². The lowest BCUT2D eigenvalue weighted by Crippen LogP contribution is -2.34. The van der Waals surface area contributed by atoms with E-state index < -0.39 is 42.1 Å². The summed E-state index contributed by atoms with van der Waals surface area (Å²) in [5, 5.41) is 10.3. The van der Waals surface area contributed by atoms with E-state index in [-0.39, 0.29) is 12.2 Å². The normalized spacial score (nSPS) is 31.6. The van der Waals surface area contributed by atoms with E-state index in [0.717, 1.165) is 5.57 Å². The van der Waals surface area contributed by atoms with Crippen LogP contribution in [0, 0.1) is 5.92 Å². The number of fused-ring (bicyclic) bond motifs is 1. The van der Waals surface area contributed by atoms with E-state index >= 15 is 0 Å². The van der Waals surface area contributed by atoms with E-state index in [4.69, 9.17) is 14.2 Å². The highest BCUT2D eigenvalue weighted by molar-refractivity contribution is 5.92. The van der Waals surface area contributed by atoms with Crippen LogP contribution in [-0.4, -0.2) is 47.9 Å². The van der Waals surface area contributed by atoms with Crippen LogP contribution in [0.15, 0.2) is 47.1 Å². The van der Waals surface area contributed by atoms with E-state index in [1.54, 1.807) is 19.9 Å². The van der Waals surface area contributed by atoms with Gasteiger partial charge in [0.2, 0.25) is 0 Å². The van der Waals surface area contributed by atoms with Gasteiger partial charge < -0.3 is 19.3 Å². The molecule has 0 aromatic carbocycles. The summed E-state index contributed by atoms with van der Waals surface area (Å²) in [5.74, 6) is -2.11. The molecule has 4 atom stereocenters. The Morgan fingerprint density at radius 2 is 2.03 bits per heavy atom. The first-order valence-electron chi connectivity index (χ1n) is 9.53. The van der Waals surface area contributed by atoms with Crippen molar-refractivity contribution in [3.8, 4) is 0 Å². The Morgan fingerprint density at radius 1 is 1.34 bits per heavy atom. The molecule has 0 spiro atoms. The first kappa shape index (κ1) is 22.6.